The Morgan fingerprint density at radius 2 is 1.48 bits per heavy atom. The fourth-order valence-corrected chi connectivity index (χ4v) is 5.48. The van der Waals surface area contributed by atoms with Crippen molar-refractivity contribution >= 4 is 62.3 Å². The van der Waals surface area contributed by atoms with Gasteiger partial charge in [-0.2, -0.15) is 0 Å². The van der Waals surface area contributed by atoms with Gasteiger partial charge in [-0.1, -0.05) is 77.3 Å². The summed E-state index contributed by atoms with van der Waals surface area (Å²) < 4.78 is 26.7. The zero-order valence-electron chi connectivity index (χ0n) is 22.7. The van der Waals surface area contributed by atoms with Crippen molar-refractivity contribution in [2.75, 3.05) is 17.1 Å². The Kier molecular flexibility index (Phi) is 10.5. The maximum absolute atomic E-state index is 14.1. The Morgan fingerprint density at radius 3 is 2.05 bits per heavy atom. The second kappa shape index (κ2) is 13.3. The van der Waals surface area contributed by atoms with Crippen LogP contribution in [-0.4, -0.2) is 49.5 Å². The molecule has 3 rings (SSSR count). The number of carbonyl (C=O) groups excluding carboxylic acids is 2. The van der Waals surface area contributed by atoms with Crippen LogP contribution in [0.4, 0.5) is 5.69 Å². The first-order chi connectivity index (χ1) is 18.6. The van der Waals surface area contributed by atoms with E-state index in [0.717, 1.165) is 16.1 Å². The smallest absolute Gasteiger partial charge is 0.244 e. The molecule has 3 aromatic carbocycles. The van der Waals surface area contributed by atoms with Crippen LogP contribution in [0.2, 0.25) is 15.1 Å². The number of rotatable bonds is 10. The number of nitrogens with one attached hydrogen (secondary N) is 1. The molecule has 1 N–H and O–H groups in total. The predicted molar refractivity (Wildman–Crippen MR) is 162 cm³/mol. The first-order valence-corrected chi connectivity index (χ1v) is 15.4. The fraction of sp³-hybridized carbons (Fsp3) is 0.310. The fourth-order valence-electron chi connectivity index (χ4n) is 4.07. The van der Waals surface area contributed by atoms with Crippen LogP contribution in [-0.2, 0) is 32.6 Å². The van der Waals surface area contributed by atoms with E-state index in [1.807, 2.05) is 51.1 Å². The number of carbonyl (C=O) groups is 2. The highest BCUT2D eigenvalue weighted by Crippen LogP contribution is 2.31. The molecule has 0 unspecified atom stereocenters. The normalized spacial score (nSPS) is 12.5. The molecule has 0 bridgehead atoms. The van der Waals surface area contributed by atoms with Crippen LogP contribution in [0.15, 0.2) is 72.8 Å². The molecule has 0 saturated heterocycles. The average Bonchev–Trinajstić information content (AvgIpc) is 2.86. The van der Waals surface area contributed by atoms with Gasteiger partial charge in [0.15, 0.2) is 0 Å². The molecular weight excluding hydrogens is 593 g/mol. The first kappa shape index (κ1) is 31.7. The highest BCUT2D eigenvalue weighted by atomic mass is 35.5. The van der Waals surface area contributed by atoms with Crippen molar-refractivity contribution in [3.8, 4) is 0 Å². The number of amides is 2. The summed E-state index contributed by atoms with van der Waals surface area (Å²) in [5.41, 5.74) is 1.04. The zero-order valence-corrected chi connectivity index (χ0v) is 25.8. The van der Waals surface area contributed by atoms with Gasteiger partial charge in [-0.3, -0.25) is 13.9 Å². The third-order valence-electron chi connectivity index (χ3n) is 5.89. The van der Waals surface area contributed by atoms with Crippen LogP contribution in [0, 0.1) is 0 Å². The summed E-state index contributed by atoms with van der Waals surface area (Å²) in [6.07, 6.45) is 1.19. The summed E-state index contributed by atoms with van der Waals surface area (Å²) in [4.78, 5) is 29.2. The second-order valence-electron chi connectivity index (χ2n) is 10.5. The maximum atomic E-state index is 14.1. The molecule has 0 aliphatic rings. The number of hydrogen-bond acceptors (Lipinski definition) is 4. The van der Waals surface area contributed by atoms with Crippen LogP contribution in [0.5, 0.6) is 0 Å². The molecule has 0 heterocycles. The Morgan fingerprint density at radius 1 is 0.875 bits per heavy atom. The highest BCUT2D eigenvalue weighted by molar-refractivity contribution is 7.92. The molecule has 0 radical (unpaired) electrons. The van der Waals surface area contributed by atoms with Crippen LogP contribution in [0.3, 0.4) is 0 Å². The minimum atomic E-state index is -3.97. The molecule has 40 heavy (non-hydrogen) atoms. The lowest BCUT2D eigenvalue weighted by molar-refractivity contribution is -0.140. The highest BCUT2D eigenvalue weighted by Gasteiger charge is 2.34. The monoisotopic (exact) mass is 623 g/mol. The SMILES string of the molecule is CC(C)(C)NC(=O)[C@H](Cc1ccccc1)N(Cc1ccc(Cl)cc1)C(=O)CN(c1cc(Cl)ccc1Cl)S(C)(=O)=O. The molecule has 7 nitrogen and oxygen atoms in total. The van der Waals surface area contributed by atoms with Gasteiger partial charge in [-0.15, -0.1) is 0 Å². The quantitative estimate of drug-likeness (QED) is 0.301. The zero-order chi connectivity index (χ0) is 29.7. The van der Waals surface area contributed by atoms with E-state index < -0.39 is 34.1 Å². The van der Waals surface area contributed by atoms with Crippen LogP contribution in [0.1, 0.15) is 31.9 Å². The molecule has 2 amide bonds. The van der Waals surface area contributed by atoms with Gasteiger partial charge in [-0.25, -0.2) is 8.42 Å². The van der Waals surface area contributed by atoms with Crippen molar-refractivity contribution in [2.24, 2.45) is 0 Å². The maximum Gasteiger partial charge on any atom is 0.244 e. The van der Waals surface area contributed by atoms with E-state index in [1.165, 1.54) is 23.1 Å². The van der Waals surface area contributed by atoms with Crippen molar-refractivity contribution in [1.82, 2.24) is 10.2 Å². The minimum absolute atomic E-state index is 0.0337. The number of nitrogens with zero attached hydrogens (tertiary/aromatic N) is 2. The van der Waals surface area contributed by atoms with E-state index in [4.69, 9.17) is 34.8 Å². The Balaban J connectivity index is 2.09. The molecule has 0 aliphatic carbocycles. The van der Waals surface area contributed by atoms with Crippen molar-refractivity contribution in [2.45, 2.75) is 45.3 Å². The van der Waals surface area contributed by atoms with Crippen LogP contribution >= 0.6 is 34.8 Å². The first-order valence-electron chi connectivity index (χ1n) is 12.5. The van der Waals surface area contributed by atoms with Crippen molar-refractivity contribution in [3.05, 3.63) is 99.0 Å². The largest absolute Gasteiger partial charge is 0.350 e. The Hall–Kier alpha value is -2.78. The van der Waals surface area contributed by atoms with Gasteiger partial charge < -0.3 is 10.2 Å². The summed E-state index contributed by atoms with van der Waals surface area (Å²) in [5.74, 6) is -0.966. The lowest BCUT2D eigenvalue weighted by Crippen LogP contribution is -2.56. The molecule has 11 heteroatoms. The van der Waals surface area contributed by atoms with Gasteiger partial charge in [-0.05, 0) is 62.2 Å². The molecule has 0 spiro atoms. The van der Waals surface area contributed by atoms with E-state index in [2.05, 4.69) is 5.32 Å². The summed E-state index contributed by atoms with van der Waals surface area (Å²) in [6, 6.07) is 19.6. The van der Waals surface area contributed by atoms with Gasteiger partial charge in [0, 0.05) is 28.5 Å². The third kappa shape index (κ3) is 9.13. The number of benzene rings is 3. The number of hydrogen-bond donors (Lipinski definition) is 1. The van der Waals surface area contributed by atoms with Crippen molar-refractivity contribution in [1.29, 1.82) is 0 Å². The molecule has 1 atom stereocenters. The molecule has 0 fully saturated rings. The van der Waals surface area contributed by atoms with E-state index >= 15 is 0 Å². The summed E-state index contributed by atoms with van der Waals surface area (Å²) in [7, 11) is -3.97. The van der Waals surface area contributed by atoms with Crippen LogP contribution in [0.25, 0.3) is 0 Å². The lowest BCUT2D eigenvalue weighted by atomic mass is 10.0. The average molecular weight is 625 g/mol. The lowest BCUT2D eigenvalue weighted by Gasteiger charge is -2.35. The Labute approximate surface area is 251 Å². The van der Waals surface area contributed by atoms with E-state index in [9.17, 15) is 18.0 Å². The van der Waals surface area contributed by atoms with E-state index in [-0.39, 0.29) is 34.6 Å². The van der Waals surface area contributed by atoms with Gasteiger partial charge in [0.2, 0.25) is 21.8 Å². The topological polar surface area (TPSA) is 86.8 Å². The summed E-state index contributed by atoms with van der Waals surface area (Å²) in [5, 5.41) is 3.86. The summed E-state index contributed by atoms with van der Waals surface area (Å²) >= 11 is 18.5. The van der Waals surface area contributed by atoms with E-state index in [0.29, 0.717) is 10.6 Å². The predicted octanol–water partition coefficient (Wildman–Crippen LogP) is 5.97. The minimum Gasteiger partial charge on any atom is -0.350 e. The van der Waals surface area contributed by atoms with Gasteiger partial charge >= 0.3 is 0 Å². The molecule has 0 saturated carbocycles. The van der Waals surface area contributed by atoms with E-state index in [1.54, 1.807) is 24.3 Å². The van der Waals surface area contributed by atoms with Crippen LogP contribution < -0.4 is 9.62 Å². The van der Waals surface area contributed by atoms with Gasteiger partial charge in [0.1, 0.15) is 12.6 Å². The van der Waals surface area contributed by atoms with Crippen molar-refractivity contribution < 1.29 is 18.0 Å². The molecule has 3 aromatic rings. The third-order valence-corrected chi connectivity index (χ3v) is 7.82. The number of anilines is 1. The number of sulfonamides is 1. The number of halogens is 3. The van der Waals surface area contributed by atoms with Crippen molar-refractivity contribution in [3.63, 3.8) is 0 Å². The van der Waals surface area contributed by atoms with Gasteiger partial charge in [0.25, 0.3) is 0 Å². The standard InChI is InChI=1S/C29H32Cl3N3O4S/c1-29(2,3)33-28(37)26(16-20-8-6-5-7-9-20)34(18-21-10-12-22(30)13-11-21)27(36)19-35(40(4,38)39)25-17-23(31)14-15-24(25)32/h5-15,17,26H,16,18-19H2,1-4H3,(H,33,37)/t26-/m0/s1. The molecule has 214 valence electrons. The summed E-state index contributed by atoms with van der Waals surface area (Å²) in [6.45, 7) is 4.99. The second-order valence-corrected chi connectivity index (χ2v) is 13.6. The molecular formula is C29H32Cl3N3O4S. The Bertz CT molecular complexity index is 1440. The molecule has 0 aliphatic heterocycles. The van der Waals surface area contributed by atoms with Gasteiger partial charge in [0.05, 0.1) is 17.0 Å². The molecule has 0 aromatic heterocycles.